The molecule has 3 fully saturated rings. The second kappa shape index (κ2) is 14.1. The Hall–Kier alpha value is -1.44. The number of nitrogens with one attached hydrogen (secondary N) is 1. The first-order chi connectivity index (χ1) is 16.3. The first-order valence-electron chi connectivity index (χ1n) is 14.2. The molecule has 1 aromatic rings. The molecule has 0 heterocycles. The number of nitroso groups, excluding NO2 is 1. The number of hydrogen-bond donors (Lipinski definition) is 1. The summed E-state index contributed by atoms with van der Waals surface area (Å²) in [6.45, 7) is 6.34. The van der Waals surface area contributed by atoms with E-state index in [9.17, 15) is 0 Å². The maximum Gasteiger partial charge on any atom is -0.0162 e. The van der Waals surface area contributed by atoms with E-state index < -0.39 is 0 Å². The van der Waals surface area contributed by atoms with E-state index in [4.69, 9.17) is 4.91 Å². The van der Waals surface area contributed by atoms with Crippen LogP contribution in [0.3, 0.4) is 0 Å². The fourth-order valence-corrected chi connectivity index (χ4v) is 7.28. The molecule has 2 nitrogen and oxygen atoms in total. The van der Waals surface area contributed by atoms with E-state index in [0.29, 0.717) is 0 Å². The second-order valence-electron chi connectivity index (χ2n) is 11.4. The van der Waals surface area contributed by atoms with Crippen LogP contribution in [0.25, 0.3) is 0 Å². The van der Waals surface area contributed by atoms with E-state index in [1.807, 2.05) is 0 Å². The summed E-state index contributed by atoms with van der Waals surface area (Å²) in [5, 5.41) is 0. The van der Waals surface area contributed by atoms with Gasteiger partial charge in [-0.05, 0) is 124 Å². The third-order valence-electron chi connectivity index (χ3n) is 9.53. The van der Waals surface area contributed by atoms with Crippen molar-refractivity contribution in [3.8, 4) is 0 Å². The van der Waals surface area contributed by atoms with Crippen molar-refractivity contribution in [2.24, 2.45) is 23.7 Å². The van der Waals surface area contributed by atoms with Gasteiger partial charge in [-0.25, -0.2) is 0 Å². The van der Waals surface area contributed by atoms with Crippen molar-refractivity contribution in [1.82, 2.24) is 0 Å². The quantitative estimate of drug-likeness (QED) is 0.238. The zero-order valence-electron chi connectivity index (χ0n) is 21.3. The Morgan fingerprint density at radius 1 is 0.727 bits per heavy atom. The van der Waals surface area contributed by atoms with Gasteiger partial charge in [0.15, 0.2) is 0 Å². The molecule has 0 radical (unpaired) electrons. The molecule has 3 aliphatic rings. The zero-order chi connectivity index (χ0) is 23.5. The highest BCUT2D eigenvalue weighted by Gasteiger charge is 2.31. The van der Waals surface area contributed by atoms with E-state index in [1.165, 1.54) is 103 Å². The summed E-state index contributed by atoms with van der Waals surface area (Å²) in [4.78, 5) is 7.50. The van der Waals surface area contributed by atoms with Gasteiger partial charge >= 0.3 is 0 Å². The number of rotatable bonds is 8. The predicted octanol–water partition coefficient (Wildman–Crippen LogP) is 10.1. The van der Waals surface area contributed by atoms with Gasteiger partial charge in [-0.2, -0.15) is 4.91 Å². The fourth-order valence-electron chi connectivity index (χ4n) is 7.28. The van der Waals surface area contributed by atoms with Gasteiger partial charge in [0, 0.05) is 0 Å². The Bertz CT molecular complexity index is 659. The number of hydrogen-bond acceptors (Lipinski definition) is 2. The molecule has 0 amide bonds. The van der Waals surface area contributed by atoms with Gasteiger partial charge in [-0.1, -0.05) is 68.5 Å². The van der Waals surface area contributed by atoms with Crippen LogP contribution in [-0.2, 0) is 0 Å². The average molecular weight is 452 g/mol. The summed E-state index contributed by atoms with van der Waals surface area (Å²) in [5.41, 5.74) is 7.76. The van der Waals surface area contributed by atoms with E-state index in [-0.39, 0.29) is 0 Å². The molecule has 4 rings (SSSR count). The lowest BCUT2D eigenvalue weighted by Crippen LogP contribution is -2.25. The molecule has 0 aliphatic heterocycles. The van der Waals surface area contributed by atoms with Crippen LogP contribution in [0.1, 0.15) is 133 Å². The molecule has 0 aromatic heterocycles. The molecule has 0 bridgehead atoms. The third kappa shape index (κ3) is 7.52. The van der Waals surface area contributed by atoms with Gasteiger partial charge in [0.05, 0.1) is 0 Å². The molecule has 0 unspecified atom stereocenters. The van der Waals surface area contributed by atoms with Crippen LogP contribution >= 0.6 is 0 Å². The smallest absolute Gasteiger partial charge is 0.0162 e. The molecule has 0 saturated heterocycles. The summed E-state index contributed by atoms with van der Waals surface area (Å²) in [6.07, 6.45) is 25.2. The molecule has 33 heavy (non-hydrogen) atoms. The molecule has 3 saturated carbocycles. The lowest BCUT2D eigenvalue weighted by atomic mass is 9.68. The molecule has 0 spiro atoms. The maximum absolute atomic E-state index is 7.50. The lowest BCUT2D eigenvalue weighted by molar-refractivity contribution is 0.171. The monoisotopic (exact) mass is 451 g/mol. The van der Waals surface area contributed by atoms with Gasteiger partial charge in [0.25, 0.3) is 0 Å². The summed E-state index contributed by atoms with van der Waals surface area (Å²) in [6, 6.07) is 10.0. The minimum absolute atomic E-state index is 0.808. The van der Waals surface area contributed by atoms with Gasteiger partial charge in [-0.15, -0.1) is 6.58 Å². The average Bonchev–Trinajstić information content (AvgIpc) is 2.91. The Balaban J connectivity index is 0.00000149. The van der Waals surface area contributed by atoms with Crippen molar-refractivity contribution in [2.45, 2.75) is 121 Å². The summed E-state index contributed by atoms with van der Waals surface area (Å²) >= 11 is 0. The standard InChI is InChI=1S/C31H48.HNO/c1-3-5-6-7-25-10-14-27(15-11-25)29-18-22-31(23-19-29)30-20-16-28(17-21-30)26-12-8-24(4-2)9-13-26;1-2/h4,18-19,22-28,30H,2-3,5-17,20-21H2,1H3;1H. The van der Waals surface area contributed by atoms with Crippen LogP contribution in [0.5, 0.6) is 0 Å². The van der Waals surface area contributed by atoms with Crippen molar-refractivity contribution in [3.05, 3.63) is 53.0 Å². The number of unbranched alkanes of at least 4 members (excludes halogenated alkanes) is 2. The molecule has 184 valence electrons. The normalized spacial score (nSPS) is 32.4. The minimum Gasteiger partial charge on any atom is -0.154 e. The topological polar surface area (TPSA) is 40.9 Å². The van der Waals surface area contributed by atoms with Crippen LogP contribution in [0.15, 0.2) is 36.9 Å². The fraction of sp³-hybridized carbons (Fsp3) is 0.742. The molecule has 3 aliphatic carbocycles. The Morgan fingerprint density at radius 2 is 1.18 bits per heavy atom. The van der Waals surface area contributed by atoms with E-state index in [0.717, 1.165) is 35.5 Å². The van der Waals surface area contributed by atoms with Crippen molar-refractivity contribution >= 4 is 0 Å². The first kappa shape index (κ1) is 26.2. The van der Waals surface area contributed by atoms with Crippen LogP contribution in [0.4, 0.5) is 0 Å². The van der Waals surface area contributed by atoms with Crippen LogP contribution in [0.2, 0.25) is 0 Å². The SMILES string of the molecule is C=CC1CCC(C2CCC(c3ccc(C4CCC(CCCCC)CC4)cc3)CC2)CC1.N=O. The van der Waals surface area contributed by atoms with Gasteiger partial charge in [-0.3, -0.25) is 0 Å². The van der Waals surface area contributed by atoms with Crippen LogP contribution in [-0.4, -0.2) is 0 Å². The number of benzene rings is 1. The Morgan fingerprint density at radius 3 is 1.64 bits per heavy atom. The Labute approximate surface area is 203 Å². The minimum atomic E-state index is 0.808. The lowest BCUT2D eigenvalue weighted by Gasteiger charge is -2.37. The Kier molecular flexibility index (Phi) is 11.2. The molecule has 0 atom stereocenters. The molecule has 1 N–H and O–H groups in total. The van der Waals surface area contributed by atoms with E-state index in [2.05, 4.69) is 49.4 Å². The van der Waals surface area contributed by atoms with E-state index >= 15 is 0 Å². The third-order valence-corrected chi connectivity index (χ3v) is 9.53. The van der Waals surface area contributed by atoms with Crippen molar-refractivity contribution in [3.63, 3.8) is 0 Å². The van der Waals surface area contributed by atoms with Gasteiger partial charge in [0.2, 0.25) is 0 Å². The second-order valence-corrected chi connectivity index (χ2v) is 11.4. The largest absolute Gasteiger partial charge is 0.154 e. The van der Waals surface area contributed by atoms with Crippen LogP contribution < -0.4 is 0 Å². The van der Waals surface area contributed by atoms with Crippen molar-refractivity contribution in [2.75, 3.05) is 0 Å². The van der Waals surface area contributed by atoms with Gasteiger partial charge in [0.1, 0.15) is 0 Å². The summed E-state index contributed by atoms with van der Waals surface area (Å²) in [7, 11) is 0. The first-order valence-corrected chi connectivity index (χ1v) is 14.2. The van der Waals surface area contributed by atoms with Gasteiger partial charge < -0.3 is 0 Å². The number of allylic oxidation sites excluding steroid dienone is 1. The highest BCUT2D eigenvalue weighted by Crippen LogP contribution is 2.44. The predicted molar refractivity (Wildman–Crippen MR) is 142 cm³/mol. The summed E-state index contributed by atoms with van der Waals surface area (Å²) in [5.74, 6) is 5.50. The summed E-state index contributed by atoms with van der Waals surface area (Å²) < 4.78 is 0. The zero-order valence-corrected chi connectivity index (χ0v) is 21.3. The molecule has 2 heteroatoms. The van der Waals surface area contributed by atoms with E-state index in [1.54, 1.807) is 11.1 Å². The van der Waals surface area contributed by atoms with Crippen LogP contribution in [0, 0.1) is 34.2 Å². The molecule has 1 aromatic carbocycles. The highest BCUT2D eigenvalue weighted by molar-refractivity contribution is 5.28. The maximum atomic E-state index is 7.50. The molecular weight excluding hydrogens is 402 g/mol. The van der Waals surface area contributed by atoms with Crippen molar-refractivity contribution < 1.29 is 0 Å². The molecular formula is C31H49NO. The highest BCUT2D eigenvalue weighted by atomic mass is 16.2. The van der Waals surface area contributed by atoms with Crippen molar-refractivity contribution in [1.29, 1.82) is 5.59 Å².